The van der Waals surface area contributed by atoms with Crippen molar-refractivity contribution >= 4 is 31.9 Å². The highest BCUT2D eigenvalue weighted by Crippen LogP contribution is 2.28. The highest BCUT2D eigenvalue weighted by atomic mass is 79.9. The highest BCUT2D eigenvalue weighted by Gasteiger charge is 2.10. The lowest BCUT2D eigenvalue weighted by atomic mass is 10.1. The normalized spacial score (nSPS) is 12.2. The van der Waals surface area contributed by atoms with E-state index < -0.39 is 0 Å². The molecular formula is C15H14Br2FNO. The van der Waals surface area contributed by atoms with E-state index in [0.717, 1.165) is 10.0 Å². The van der Waals surface area contributed by atoms with Gasteiger partial charge in [-0.15, -0.1) is 0 Å². The Labute approximate surface area is 134 Å². The van der Waals surface area contributed by atoms with E-state index in [9.17, 15) is 4.39 Å². The smallest absolute Gasteiger partial charge is 0.130 e. The van der Waals surface area contributed by atoms with Crippen LogP contribution in [0.15, 0.2) is 45.3 Å². The van der Waals surface area contributed by atoms with Gasteiger partial charge in [-0.1, -0.05) is 44.0 Å². The third-order valence-electron chi connectivity index (χ3n) is 2.86. The molecule has 0 saturated heterocycles. The average Bonchev–Trinajstić information content (AvgIpc) is 2.37. The molecule has 0 saturated carbocycles. The molecule has 2 aromatic carbocycles. The number of benzene rings is 2. The van der Waals surface area contributed by atoms with Gasteiger partial charge in [0.15, 0.2) is 0 Å². The van der Waals surface area contributed by atoms with Crippen molar-refractivity contribution in [3.8, 4) is 5.75 Å². The number of hydrogen-bond donors (Lipinski definition) is 1. The predicted molar refractivity (Wildman–Crippen MR) is 85.2 cm³/mol. The lowest BCUT2D eigenvalue weighted by molar-refractivity contribution is 0.295. The number of halogens is 3. The van der Waals surface area contributed by atoms with Crippen LogP contribution in [0.3, 0.4) is 0 Å². The number of rotatable bonds is 4. The molecular weight excluding hydrogens is 389 g/mol. The molecule has 0 aliphatic rings. The van der Waals surface area contributed by atoms with Crippen LogP contribution in [0.1, 0.15) is 24.1 Å². The third kappa shape index (κ3) is 3.81. The monoisotopic (exact) mass is 401 g/mol. The second kappa shape index (κ2) is 6.70. The summed E-state index contributed by atoms with van der Waals surface area (Å²) in [7, 11) is 0. The van der Waals surface area contributed by atoms with Gasteiger partial charge in [0.1, 0.15) is 18.2 Å². The van der Waals surface area contributed by atoms with Gasteiger partial charge in [-0.05, 0) is 31.2 Å². The van der Waals surface area contributed by atoms with Gasteiger partial charge in [-0.2, -0.15) is 0 Å². The van der Waals surface area contributed by atoms with Crippen molar-refractivity contribution in [2.45, 2.75) is 19.6 Å². The molecule has 1 atom stereocenters. The topological polar surface area (TPSA) is 35.2 Å². The maximum atomic E-state index is 13.7. The van der Waals surface area contributed by atoms with E-state index >= 15 is 0 Å². The standard InChI is InChI=1S/C15H14Br2FNO/c1-9(19)13-5-4-12(17)7-15(13)20-8-10-2-3-11(16)6-14(10)18/h2-7,9H,8,19H2,1H3. The summed E-state index contributed by atoms with van der Waals surface area (Å²) in [6.45, 7) is 2.05. The van der Waals surface area contributed by atoms with E-state index in [-0.39, 0.29) is 18.5 Å². The van der Waals surface area contributed by atoms with Gasteiger partial charge >= 0.3 is 0 Å². The van der Waals surface area contributed by atoms with Crippen LogP contribution < -0.4 is 10.5 Å². The van der Waals surface area contributed by atoms with Gasteiger partial charge in [0.2, 0.25) is 0 Å². The molecule has 0 bridgehead atoms. The van der Waals surface area contributed by atoms with Crippen LogP contribution in [0, 0.1) is 5.82 Å². The van der Waals surface area contributed by atoms with E-state index in [0.29, 0.717) is 15.8 Å². The van der Waals surface area contributed by atoms with Crippen LogP contribution in [0.5, 0.6) is 5.75 Å². The molecule has 1 unspecified atom stereocenters. The fraction of sp³-hybridized carbons (Fsp3) is 0.200. The molecule has 0 amide bonds. The van der Waals surface area contributed by atoms with E-state index in [1.165, 1.54) is 6.07 Å². The average molecular weight is 403 g/mol. The molecule has 0 spiro atoms. The maximum Gasteiger partial charge on any atom is 0.130 e. The molecule has 20 heavy (non-hydrogen) atoms. The molecule has 106 valence electrons. The molecule has 2 rings (SSSR count). The van der Waals surface area contributed by atoms with Crippen LogP contribution in [-0.2, 0) is 6.61 Å². The lowest BCUT2D eigenvalue weighted by Crippen LogP contribution is -2.08. The van der Waals surface area contributed by atoms with Crippen LogP contribution >= 0.6 is 31.9 Å². The van der Waals surface area contributed by atoms with Gasteiger partial charge in [-0.3, -0.25) is 0 Å². The molecule has 2 aromatic rings. The van der Waals surface area contributed by atoms with Gasteiger partial charge in [0.05, 0.1) is 0 Å². The van der Waals surface area contributed by atoms with Crippen LogP contribution in [-0.4, -0.2) is 0 Å². The summed E-state index contributed by atoms with van der Waals surface area (Å²) in [6, 6.07) is 10.4. The van der Waals surface area contributed by atoms with Gasteiger partial charge < -0.3 is 10.5 Å². The molecule has 5 heteroatoms. The number of ether oxygens (including phenoxy) is 1. The first kappa shape index (κ1) is 15.5. The van der Waals surface area contributed by atoms with Crippen molar-refractivity contribution in [2.24, 2.45) is 5.73 Å². The van der Waals surface area contributed by atoms with E-state index in [4.69, 9.17) is 10.5 Å². The maximum absolute atomic E-state index is 13.7. The first-order valence-electron chi connectivity index (χ1n) is 6.09. The molecule has 0 heterocycles. The predicted octanol–water partition coefficient (Wildman–Crippen LogP) is 4.95. The Balaban J connectivity index is 2.20. The van der Waals surface area contributed by atoms with Crippen molar-refractivity contribution in [1.82, 2.24) is 0 Å². The van der Waals surface area contributed by atoms with E-state index in [2.05, 4.69) is 31.9 Å². The Kier molecular flexibility index (Phi) is 5.18. The zero-order chi connectivity index (χ0) is 14.7. The summed E-state index contributed by atoms with van der Waals surface area (Å²) >= 11 is 6.62. The molecule has 0 aliphatic heterocycles. The number of hydrogen-bond acceptors (Lipinski definition) is 2. The highest BCUT2D eigenvalue weighted by molar-refractivity contribution is 9.10. The minimum atomic E-state index is -0.295. The Bertz CT molecular complexity index is 617. The van der Waals surface area contributed by atoms with Gasteiger partial charge in [-0.25, -0.2) is 4.39 Å². The summed E-state index contributed by atoms with van der Waals surface area (Å²) in [5, 5.41) is 0. The number of nitrogens with two attached hydrogens (primary N) is 1. The Morgan fingerprint density at radius 1 is 1.15 bits per heavy atom. The Morgan fingerprint density at radius 3 is 2.45 bits per heavy atom. The summed E-state index contributed by atoms with van der Waals surface area (Å²) in [4.78, 5) is 0. The summed E-state index contributed by atoms with van der Waals surface area (Å²) in [5.74, 6) is 0.369. The van der Waals surface area contributed by atoms with Crippen molar-refractivity contribution < 1.29 is 9.13 Å². The van der Waals surface area contributed by atoms with Crippen LogP contribution in [0.25, 0.3) is 0 Å². The summed E-state index contributed by atoms with van der Waals surface area (Å²) < 4.78 is 21.1. The fourth-order valence-corrected chi connectivity index (χ4v) is 2.48. The quantitative estimate of drug-likeness (QED) is 0.785. The fourth-order valence-electron chi connectivity index (χ4n) is 1.80. The van der Waals surface area contributed by atoms with Crippen molar-refractivity contribution in [2.75, 3.05) is 0 Å². The molecule has 0 aromatic heterocycles. The third-order valence-corrected chi connectivity index (χ3v) is 3.85. The minimum Gasteiger partial charge on any atom is -0.488 e. The Hall–Kier alpha value is -0.910. The first-order valence-corrected chi connectivity index (χ1v) is 7.67. The van der Waals surface area contributed by atoms with Crippen molar-refractivity contribution in [3.63, 3.8) is 0 Å². The van der Waals surface area contributed by atoms with Gasteiger partial charge in [0, 0.05) is 26.1 Å². The second-order valence-corrected chi connectivity index (χ2v) is 6.33. The molecule has 2 N–H and O–H groups in total. The lowest BCUT2D eigenvalue weighted by Gasteiger charge is -2.15. The summed E-state index contributed by atoms with van der Waals surface area (Å²) in [5.41, 5.74) is 7.31. The van der Waals surface area contributed by atoms with E-state index in [1.807, 2.05) is 25.1 Å². The van der Waals surface area contributed by atoms with Crippen LogP contribution in [0.4, 0.5) is 4.39 Å². The van der Waals surface area contributed by atoms with Crippen molar-refractivity contribution in [3.05, 3.63) is 62.3 Å². The zero-order valence-corrected chi connectivity index (χ0v) is 14.0. The molecule has 0 aliphatic carbocycles. The second-order valence-electron chi connectivity index (χ2n) is 4.50. The van der Waals surface area contributed by atoms with Crippen molar-refractivity contribution in [1.29, 1.82) is 0 Å². The van der Waals surface area contributed by atoms with Crippen LogP contribution in [0.2, 0.25) is 0 Å². The largest absolute Gasteiger partial charge is 0.488 e. The summed E-state index contributed by atoms with van der Waals surface area (Å²) in [6.07, 6.45) is 0. The molecule has 0 fully saturated rings. The molecule has 2 nitrogen and oxygen atoms in total. The minimum absolute atomic E-state index is 0.145. The van der Waals surface area contributed by atoms with Gasteiger partial charge in [0.25, 0.3) is 0 Å². The Morgan fingerprint density at radius 2 is 1.80 bits per heavy atom. The van der Waals surface area contributed by atoms with E-state index in [1.54, 1.807) is 12.1 Å². The SMILES string of the molecule is CC(N)c1ccc(Br)cc1OCc1ccc(Br)cc1F. The molecule has 0 radical (unpaired) electrons. The zero-order valence-electron chi connectivity index (χ0n) is 10.9. The first-order chi connectivity index (χ1) is 9.47.